The topological polar surface area (TPSA) is 82.2 Å². The number of nitro groups is 1. The van der Waals surface area contributed by atoms with Gasteiger partial charge >= 0.3 is 0 Å². The standard InChI is InChI=1S/C14H18N4O2/c1-17-7-2-3-12(6-8-17)16-13-5-4-11(10-15)9-14(13)18(19)20/h4-5,9,12,16H,2-3,6-8H2,1H3. The van der Waals surface area contributed by atoms with Crippen LogP contribution in [0.4, 0.5) is 11.4 Å². The van der Waals surface area contributed by atoms with E-state index in [1.54, 1.807) is 12.1 Å². The Labute approximate surface area is 118 Å². The van der Waals surface area contributed by atoms with Gasteiger partial charge in [0.15, 0.2) is 0 Å². The summed E-state index contributed by atoms with van der Waals surface area (Å²) in [5.41, 5.74) is 0.785. The van der Waals surface area contributed by atoms with Crippen molar-refractivity contribution in [3.63, 3.8) is 0 Å². The minimum absolute atomic E-state index is 0.0262. The molecule has 1 aliphatic rings. The molecule has 0 saturated carbocycles. The molecule has 6 heteroatoms. The summed E-state index contributed by atoms with van der Waals surface area (Å²) in [6.07, 6.45) is 3.05. The van der Waals surface area contributed by atoms with Gasteiger partial charge in [-0.25, -0.2) is 0 Å². The lowest BCUT2D eigenvalue weighted by Gasteiger charge is -2.18. The van der Waals surface area contributed by atoms with Crippen LogP contribution in [-0.4, -0.2) is 36.0 Å². The van der Waals surface area contributed by atoms with Gasteiger partial charge in [-0.1, -0.05) is 0 Å². The van der Waals surface area contributed by atoms with E-state index in [2.05, 4.69) is 17.3 Å². The molecule has 0 spiro atoms. The van der Waals surface area contributed by atoms with Gasteiger partial charge in [0, 0.05) is 12.1 Å². The van der Waals surface area contributed by atoms with E-state index in [-0.39, 0.29) is 11.7 Å². The fourth-order valence-corrected chi connectivity index (χ4v) is 2.48. The molecule has 1 unspecified atom stereocenters. The number of rotatable bonds is 3. The Morgan fingerprint density at radius 3 is 2.95 bits per heavy atom. The molecule has 1 aromatic carbocycles. The summed E-state index contributed by atoms with van der Waals surface area (Å²) in [4.78, 5) is 12.9. The van der Waals surface area contributed by atoms with Gasteiger partial charge in [-0.3, -0.25) is 10.1 Å². The van der Waals surface area contributed by atoms with Gasteiger partial charge in [0.1, 0.15) is 5.69 Å². The zero-order valence-corrected chi connectivity index (χ0v) is 11.5. The summed E-state index contributed by atoms with van der Waals surface area (Å²) in [7, 11) is 2.09. The second-order valence-electron chi connectivity index (χ2n) is 5.18. The molecule has 1 aromatic rings. The van der Waals surface area contributed by atoms with Crippen LogP contribution in [0.5, 0.6) is 0 Å². The lowest BCUT2D eigenvalue weighted by molar-refractivity contribution is -0.384. The number of hydrogen-bond acceptors (Lipinski definition) is 5. The first-order valence-electron chi connectivity index (χ1n) is 6.74. The molecule has 20 heavy (non-hydrogen) atoms. The summed E-state index contributed by atoms with van der Waals surface area (Å²) in [5, 5.41) is 23.2. The first-order chi connectivity index (χ1) is 9.60. The quantitative estimate of drug-likeness (QED) is 0.676. The minimum Gasteiger partial charge on any atom is -0.377 e. The van der Waals surface area contributed by atoms with Crippen molar-refractivity contribution in [2.45, 2.75) is 25.3 Å². The number of anilines is 1. The highest BCUT2D eigenvalue weighted by Crippen LogP contribution is 2.27. The Bertz CT molecular complexity index is 538. The van der Waals surface area contributed by atoms with Crippen molar-refractivity contribution in [1.29, 1.82) is 5.26 Å². The molecule has 0 bridgehead atoms. The lowest BCUT2D eigenvalue weighted by atomic mass is 10.1. The normalized spacial score (nSPS) is 19.9. The predicted octanol–water partition coefficient (Wildman–Crippen LogP) is 2.36. The van der Waals surface area contributed by atoms with Crippen molar-refractivity contribution in [1.82, 2.24) is 4.90 Å². The third kappa shape index (κ3) is 3.45. The van der Waals surface area contributed by atoms with Crippen LogP contribution in [-0.2, 0) is 0 Å². The Morgan fingerprint density at radius 1 is 1.45 bits per heavy atom. The Hall–Kier alpha value is -2.13. The molecule has 106 valence electrons. The maximum absolute atomic E-state index is 11.1. The van der Waals surface area contributed by atoms with Gasteiger partial charge in [0.05, 0.1) is 16.6 Å². The molecule has 1 saturated heterocycles. The first-order valence-corrected chi connectivity index (χ1v) is 6.74. The van der Waals surface area contributed by atoms with E-state index in [9.17, 15) is 10.1 Å². The zero-order valence-electron chi connectivity index (χ0n) is 11.5. The lowest BCUT2D eigenvalue weighted by Crippen LogP contribution is -2.23. The average molecular weight is 274 g/mol. The van der Waals surface area contributed by atoms with Gasteiger partial charge in [-0.2, -0.15) is 5.26 Å². The van der Waals surface area contributed by atoms with Crippen LogP contribution < -0.4 is 5.32 Å². The predicted molar refractivity (Wildman–Crippen MR) is 76.6 cm³/mol. The van der Waals surface area contributed by atoms with Crippen molar-refractivity contribution in [2.24, 2.45) is 0 Å². The van der Waals surface area contributed by atoms with Crippen LogP contribution in [0.15, 0.2) is 18.2 Å². The number of nitrogens with one attached hydrogen (secondary N) is 1. The molecule has 1 atom stereocenters. The summed E-state index contributed by atoms with van der Waals surface area (Å²) < 4.78 is 0. The molecule has 1 fully saturated rings. The van der Waals surface area contributed by atoms with Gasteiger partial charge in [0.2, 0.25) is 0 Å². The molecule has 6 nitrogen and oxygen atoms in total. The molecular formula is C14H18N4O2. The maximum Gasteiger partial charge on any atom is 0.293 e. The number of nitro benzene ring substituents is 1. The van der Waals surface area contributed by atoms with Crippen LogP contribution in [0.2, 0.25) is 0 Å². The monoisotopic (exact) mass is 274 g/mol. The van der Waals surface area contributed by atoms with Crippen LogP contribution >= 0.6 is 0 Å². The Morgan fingerprint density at radius 2 is 2.25 bits per heavy atom. The van der Waals surface area contributed by atoms with Gasteiger partial charge < -0.3 is 10.2 Å². The van der Waals surface area contributed by atoms with Crippen LogP contribution in [0.25, 0.3) is 0 Å². The fraction of sp³-hybridized carbons (Fsp3) is 0.500. The molecule has 0 aliphatic carbocycles. The number of hydrogen-bond donors (Lipinski definition) is 1. The molecule has 1 aliphatic heterocycles. The van der Waals surface area contributed by atoms with E-state index >= 15 is 0 Å². The largest absolute Gasteiger partial charge is 0.377 e. The third-order valence-corrected chi connectivity index (χ3v) is 3.63. The van der Waals surface area contributed by atoms with Gasteiger partial charge in [-0.05, 0) is 51.5 Å². The molecule has 2 rings (SSSR count). The second-order valence-corrected chi connectivity index (χ2v) is 5.18. The van der Waals surface area contributed by atoms with Crippen LogP contribution in [0.3, 0.4) is 0 Å². The SMILES string of the molecule is CN1CCCC(Nc2ccc(C#N)cc2[N+](=O)[O-])CC1. The first kappa shape index (κ1) is 14.3. The van der Waals surface area contributed by atoms with Crippen molar-refractivity contribution >= 4 is 11.4 Å². The molecule has 1 N–H and O–H groups in total. The molecule has 1 heterocycles. The van der Waals surface area contributed by atoms with Crippen molar-refractivity contribution in [3.8, 4) is 6.07 Å². The number of likely N-dealkylation sites (tertiary alicyclic amines) is 1. The maximum atomic E-state index is 11.1. The van der Waals surface area contributed by atoms with E-state index in [1.807, 2.05) is 6.07 Å². The third-order valence-electron chi connectivity index (χ3n) is 3.63. The molecule has 0 aromatic heterocycles. The van der Waals surface area contributed by atoms with E-state index < -0.39 is 4.92 Å². The van der Waals surface area contributed by atoms with E-state index in [1.165, 1.54) is 6.07 Å². The summed E-state index contributed by atoms with van der Waals surface area (Å²) in [6.45, 7) is 2.05. The highest BCUT2D eigenvalue weighted by Gasteiger charge is 2.20. The summed E-state index contributed by atoms with van der Waals surface area (Å²) in [5.74, 6) is 0. The van der Waals surface area contributed by atoms with Crippen molar-refractivity contribution < 1.29 is 4.92 Å². The zero-order chi connectivity index (χ0) is 14.5. The van der Waals surface area contributed by atoms with Gasteiger partial charge in [-0.15, -0.1) is 0 Å². The highest BCUT2D eigenvalue weighted by atomic mass is 16.6. The van der Waals surface area contributed by atoms with Gasteiger partial charge in [0.25, 0.3) is 5.69 Å². The molecule has 0 amide bonds. The van der Waals surface area contributed by atoms with Crippen molar-refractivity contribution in [3.05, 3.63) is 33.9 Å². The Balaban J connectivity index is 2.16. The van der Waals surface area contributed by atoms with Crippen LogP contribution in [0, 0.1) is 21.4 Å². The van der Waals surface area contributed by atoms with Crippen LogP contribution in [0.1, 0.15) is 24.8 Å². The summed E-state index contributed by atoms with van der Waals surface area (Å²) in [6, 6.07) is 6.74. The fourth-order valence-electron chi connectivity index (χ4n) is 2.48. The minimum atomic E-state index is -0.438. The summed E-state index contributed by atoms with van der Waals surface area (Å²) >= 11 is 0. The number of benzene rings is 1. The van der Waals surface area contributed by atoms with E-state index in [0.717, 1.165) is 32.4 Å². The van der Waals surface area contributed by atoms with E-state index in [0.29, 0.717) is 11.3 Å². The smallest absolute Gasteiger partial charge is 0.293 e. The molecule has 0 radical (unpaired) electrons. The molecular weight excluding hydrogens is 256 g/mol. The Kier molecular flexibility index (Phi) is 4.53. The average Bonchev–Trinajstić information content (AvgIpc) is 2.64. The highest BCUT2D eigenvalue weighted by molar-refractivity contribution is 5.64. The number of nitriles is 1. The van der Waals surface area contributed by atoms with Crippen molar-refractivity contribution in [2.75, 3.05) is 25.5 Å². The number of nitrogens with zero attached hydrogens (tertiary/aromatic N) is 3. The second kappa shape index (κ2) is 6.35. The van der Waals surface area contributed by atoms with E-state index in [4.69, 9.17) is 5.26 Å².